The van der Waals surface area contributed by atoms with Crippen LogP contribution in [0.15, 0.2) is 145 Å². The summed E-state index contributed by atoms with van der Waals surface area (Å²) in [5.74, 6) is -3.02. The number of aliphatic hydroxyl groups excluding tert-OH is 4. The molecule has 0 saturated carbocycles. The molecule has 2 aliphatic heterocycles. The normalized spacial score (nSPS) is 17.3. The minimum absolute atomic E-state index is 0.0174. The first kappa shape index (κ1) is 54.1. The van der Waals surface area contributed by atoms with Gasteiger partial charge in [-0.25, -0.2) is 19.3 Å². The molecule has 7 N–H and O–H groups in total. The molecule has 398 valence electrons. The van der Waals surface area contributed by atoms with Gasteiger partial charge in [-0.1, -0.05) is 86.6 Å². The van der Waals surface area contributed by atoms with E-state index in [4.69, 9.17) is 5.73 Å². The van der Waals surface area contributed by atoms with Gasteiger partial charge in [0.1, 0.15) is 24.3 Å². The molecule has 20 heteroatoms. The van der Waals surface area contributed by atoms with E-state index in [1.165, 1.54) is 32.5 Å². The van der Waals surface area contributed by atoms with Crippen LogP contribution in [0.25, 0.3) is 11.4 Å². The summed E-state index contributed by atoms with van der Waals surface area (Å²) in [6, 6.07) is 33.4. The molecule has 2 amide bonds. The van der Waals surface area contributed by atoms with E-state index < -0.39 is 59.9 Å². The van der Waals surface area contributed by atoms with Gasteiger partial charge in [-0.15, -0.1) is 22.7 Å². The van der Waals surface area contributed by atoms with Gasteiger partial charge in [0.25, 0.3) is 11.8 Å². The molecule has 2 aliphatic rings. The molecule has 4 aromatic heterocycles. The van der Waals surface area contributed by atoms with E-state index in [0.29, 0.717) is 47.6 Å². The van der Waals surface area contributed by atoms with Gasteiger partial charge >= 0.3 is 0 Å². The number of Topliss-reactive ketones (excluding diaryl/α,β-unsaturated/α-hetero) is 2. The van der Waals surface area contributed by atoms with Crippen molar-refractivity contribution in [3.8, 4) is 11.4 Å². The number of carbonyl (C=O) groups excluding carboxylic acids is 4. The Morgan fingerprint density at radius 1 is 0.597 bits per heavy atom. The smallest absolute Gasteiger partial charge is 0.255 e. The molecule has 18 nitrogen and oxygen atoms in total. The lowest BCUT2D eigenvalue weighted by Gasteiger charge is -2.38. The number of ketones is 2. The van der Waals surface area contributed by atoms with Gasteiger partial charge in [-0.3, -0.25) is 19.2 Å². The second kappa shape index (κ2) is 24.1. The Morgan fingerprint density at radius 2 is 1.03 bits per heavy atom. The lowest BCUT2D eigenvalue weighted by molar-refractivity contribution is -0.154. The van der Waals surface area contributed by atoms with Crippen molar-refractivity contribution in [2.75, 3.05) is 31.2 Å². The van der Waals surface area contributed by atoms with Gasteiger partial charge in [0.2, 0.25) is 0 Å². The lowest BCUT2D eigenvalue weighted by Crippen LogP contribution is -2.51. The third-order valence-electron chi connectivity index (χ3n) is 14.2. The van der Waals surface area contributed by atoms with Gasteiger partial charge in [0, 0.05) is 68.5 Å². The second-order valence-corrected chi connectivity index (χ2v) is 21.0. The lowest BCUT2D eigenvalue weighted by atomic mass is 9.89. The largest absolute Gasteiger partial charge is 0.382 e. The van der Waals surface area contributed by atoms with E-state index in [1.54, 1.807) is 34.2 Å². The van der Waals surface area contributed by atoms with Gasteiger partial charge in [0.15, 0.2) is 34.0 Å². The Bertz CT molecular complexity index is 3290. The van der Waals surface area contributed by atoms with Crippen molar-refractivity contribution in [3.05, 3.63) is 190 Å². The summed E-state index contributed by atoms with van der Waals surface area (Å²) in [5, 5.41) is 59.4. The summed E-state index contributed by atoms with van der Waals surface area (Å²) in [6.45, 7) is 4.39. The predicted octanol–water partition coefficient (Wildman–Crippen LogP) is 6.20. The van der Waals surface area contributed by atoms with Crippen LogP contribution >= 0.6 is 22.7 Å². The van der Waals surface area contributed by atoms with E-state index in [-0.39, 0.29) is 24.7 Å². The third-order valence-corrected chi connectivity index (χ3v) is 15.8. The number of carbonyl (C=O) groups is 4. The summed E-state index contributed by atoms with van der Waals surface area (Å²) in [4.78, 5) is 64.9. The molecule has 8 atom stereocenters. The molecule has 0 radical (unpaired) electrons. The Morgan fingerprint density at radius 3 is 1.42 bits per heavy atom. The number of thiazole rings is 2. The maximum atomic E-state index is 13.5. The fourth-order valence-electron chi connectivity index (χ4n) is 10.00. The van der Waals surface area contributed by atoms with Crippen LogP contribution in [0.1, 0.15) is 95.4 Å². The number of nitrogens with two attached hydrogens (primary N) is 1. The molecular weight excluding hydrogens is 1020 g/mol. The highest BCUT2D eigenvalue weighted by atomic mass is 32.1. The molecule has 8 aromatic rings. The first-order valence-corrected chi connectivity index (χ1v) is 27.0. The SMILES string of the molecule is CNc1nc([C@H]2c3ccccc3CCN2C(=O)[C@H](O)[C@@H](O)C(=O)C[C@H](C)c2ccc(-n3cccn3)cc2)cs1.C[C@@H](CC(=O)[C@H](O)[C@@H](O)C(=O)N1CCc2ccccc2[C@@H]1c1csc(N)n1)c1ccc(-n2cccn2)cc1. The number of hydrogen-bond donors (Lipinski definition) is 6. The number of anilines is 2. The van der Waals surface area contributed by atoms with Crippen LogP contribution in [0.2, 0.25) is 0 Å². The molecule has 0 fully saturated rings. The Balaban J connectivity index is 0.000000188. The standard InChI is InChI=1S/C29H31N5O4S.C28H29N5O4S/c1-18(19-8-10-21(11-9-19)34-14-5-13-31-34)16-24(35)26(36)27(37)28(38)33-15-12-20-6-3-4-7-22(20)25(33)23-17-39-29(30-2)32-23;1-17(18-7-9-20(10-8-18)33-13-4-12-30-33)15-23(34)25(35)26(36)27(37)32-14-11-19-5-2-3-6-21(19)24(32)22-16-38-28(29)31-22/h3-11,13-14,17-18,25-27,36-37H,12,15-16H2,1-2H3,(H,30,32);2-10,12-13,16-17,24-26,35-36H,11,14-15H2,1H3,(H2,29,31)/t18-,25+,26-,27+;17-,24+,25-,26+/m00/s1. The van der Waals surface area contributed by atoms with Crippen molar-refractivity contribution < 1.29 is 39.6 Å². The zero-order chi connectivity index (χ0) is 54.3. The molecule has 10 rings (SSSR count). The minimum atomic E-state index is -1.89. The van der Waals surface area contributed by atoms with Crippen molar-refractivity contribution >= 4 is 56.3 Å². The van der Waals surface area contributed by atoms with Crippen LogP contribution in [0.5, 0.6) is 0 Å². The van der Waals surface area contributed by atoms with E-state index in [0.717, 1.165) is 44.8 Å². The zero-order valence-electron chi connectivity index (χ0n) is 42.6. The average Bonchev–Trinajstić information content (AvgIpc) is 4.36. The monoisotopic (exact) mass is 1080 g/mol. The maximum Gasteiger partial charge on any atom is 0.255 e. The van der Waals surface area contributed by atoms with Crippen LogP contribution in [0.4, 0.5) is 10.3 Å². The Hall–Kier alpha value is -7.72. The third kappa shape index (κ3) is 12.0. The van der Waals surface area contributed by atoms with Crippen molar-refractivity contribution in [3.63, 3.8) is 0 Å². The summed E-state index contributed by atoms with van der Waals surface area (Å²) in [7, 11) is 1.78. The molecule has 0 aliphatic carbocycles. The van der Waals surface area contributed by atoms with Gasteiger partial charge in [-0.2, -0.15) is 10.2 Å². The van der Waals surface area contributed by atoms with Crippen LogP contribution in [-0.2, 0) is 32.0 Å². The van der Waals surface area contributed by atoms with Gasteiger partial charge < -0.3 is 41.3 Å². The quantitative estimate of drug-likeness (QED) is 0.0594. The highest BCUT2D eigenvalue weighted by molar-refractivity contribution is 7.14. The Kier molecular flexibility index (Phi) is 16.9. The average molecular weight is 1080 g/mol. The molecule has 4 aromatic carbocycles. The fraction of sp³-hybridized carbons (Fsp3) is 0.298. The number of nitrogens with one attached hydrogen (secondary N) is 1. The maximum absolute atomic E-state index is 13.5. The first-order chi connectivity index (χ1) is 37.2. The molecule has 0 bridgehead atoms. The topological polar surface area (TPSA) is 255 Å². The number of hydrogen-bond acceptors (Lipinski definition) is 16. The van der Waals surface area contributed by atoms with Crippen LogP contribution in [0, 0.1) is 0 Å². The fourth-order valence-corrected chi connectivity index (χ4v) is 11.3. The molecule has 0 spiro atoms. The second-order valence-electron chi connectivity index (χ2n) is 19.2. The van der Waals surface area contributed by atoms with Crippen molar-refractivity contribution in [2.24, 2.45) is 0 Å². The van der Waals surface area contributed by atoms with Crippen LogP contribution in [0.3, 0.4) is 0 Å². The van der Waals surface area contributed by atoms with Crippen molar-refractivity contribution in [1.82, 2.24) is 39.3 Å². The molecular formula is C57H60N10O8S2. The number of fused-ring (bicyclic) bond motifs is 2. The number of nitrogens with zero attached hydrogens (tertiary/aromatic N) is 8. The summed E-state index contributed by atoms with van der Waals surface area (Å²) in [5.41, 5.74) is 14.7. The van der Waals surface area contributed by atoms with E-state index >= 15 is 0 Å². The van der Waals surface area contributed by atoms with Crippen molar-refractivity contribution in [1.29, 1.82) is 0 Å². The molecule has 0 saturated heterocycles. The number of amides is 2. The summed E-state index contributed by atoms with van der Waals surface area (Å²) in [6.07, 6.45) is 0.785. The number of rotatable bonds is 17. The van der Waals surface area contributed by atoms with Crippen LogP contribution < -0.4 is 11.1 Å². The van der Waals surface area contributed by atoms with Gasteiger partial charge in [0.05, 0.1) is 22.8 Å². The Labute approximate surface area is 453 Å². The van der Waals surface area contributed by atoms with E-state index in [9.17, 15) is 39.6 Å². The number of aromatic nitrogens is 6. The summed E-state index contributed by atoms with van der Waals surface area (Å²) >= 11 is 2.69. The first-order valence-electron chi connectivity index (χ1n) is 25.3. The van der Waals surface area contributed by atoms with E-state index in [1.807, 2.05) is 141 Å². The number of nitrogen functional groups attached to an aromatic ring is 1. The highest BCUT2D eigenvalue weighted by Gasteiger charge is 2.42. The zero-order valence-corrected chi connectivity index (χ0v) is 44.2. The van der Waals surface area contributed by atoms with Gasteiger partial charge in [-0.05, 0) is 94.5 Å². The molecule has 0 unspecified atom stereocenters. The highest BCUT2D eigenvalue weighted by Crippen LogP contribution is 2.39. The van der Waals surface area contributed by atoms with E-state index in [2.05, 4.69) is 25.5 Å². The number of aliphatic hydroxyl groups is 4. The predicted molar refractivity (Wildman–Crippen MR) is 293 cm³/mol. The minimum Gasteiger partial charge on any atom is -0.382 e. The summed E-state index contributed by atoms with van der Waals surface area (Å²) < 4.78 is 3.47. The molecule has 6 heterocycles. The molecule has 77 heavy (non-hydrogen) atoms. The van der Waals surface area contributed by atoms with Crippen LogP contribution in [-0.4, -0.2) is 128 Å². The number of benzene rings is 4. The van der Waals surface area contributed by atoms with Crippen molar-refractivity contribution in [2.45, 2.75) is 87.9 Å².